The van der Waals surface area contributed by atoms with Crippen LogP contribution in [0.3, 0.4) is 0 Å². The quantitative estimate of drug-likeness (QED) is 0.781. The van der Waals surface area contributed by atoms with Gasteiger partial charge in [-0.2, -0.15) is 8.78 Å². The van der Waals surface area contributed by atoms with Gasteiger partial charge in [-0.05, 0) is 42.0 Å². The van der Waals surface area contributed by atoms with Crippen LogP contribution in [0, 0.1) is 0 Å². The Morgan fingerprint density at radius 2 is 1.83 bits per heavy atom. The maximum Gasteiger partial charge on any atom is 0.387 e. The summed E-state index contributed by atoms with van der Waals surface area (Å²) in [6, 6.07) is 12.9. The first kappa shape index (κ1) is 18.1. The Hall–Kier alpha value is -2.25. The lowest BCUT2D eigenvalue weighted by atomic mass is 10.1. The lowest BCUT2D eigenvalue weighted by Gasteiger charge is -2.13. The number of carbonyl (C=O) groups excluding carboxylic acids is 1. The minimum atomic E-state index is -2.96. The third-order valence-corrected chi connectivity index (χ3v) is 3.34. The summed E-state index contributed by atoms with van der Waals surface area (Å²) in [5.74, 6) is -0.413. The smallest absolute Gasteiger partial charge is 0.387 e. The summed E-state index contributed by atoms with van der Waals surface area (Å²) in [6.07, 6.45) is 0.105. The molecule has 24 heavy (non-hydrogen) atoms. The van der Waals surface area contributed by atoms with Crippen molar-refractivity contribution in [3.63, 3.8) is 0 Å². The van der Waals surface area contributed by atoms with Gasteiger partial charge in [0.1, 0.15) is 5.75 Å². The molecule has 2 aromatic carbocycles. The van der Waals surface area contributed by atoms with Gasteiger partial charge in [0.25, 0.3) is 0 Å². The highest BCUT2D eigenvalue weighted by molar-refractivity contribution is 7.80. The summed E-state index contributed by atoms with van der Waals surface area (Å²) in [7, 11) is 0. The Balaban J connectivity index is 1.93. The molecule has 0 spiro atoms. The number of benzene rings is 2. The lowest BCUT2D eigenvalue weighted by molar-refractivity contribution is -0.119. The van der Waals surface area contributed by atoms with Crippen LogP contribution < -0.4 is 15.4 Å². The van der Waals surface area contributed by atoms with Gasteiger partial charge in [-0.15, -0.1) is 0 Å². The maximum absolute atomic E-state index is 12.4. The molecule has 0 saturated carbocycles. The zero-order valence-electron chi connectivity index (χ0n) is 12.3. The van der Waals surface area contributed by atoms with Crippen LogP contribution in [0.25, 0.3) is 0 Å². The Bertz CT molecular complexity index is 726. The fourth-order valence-corrected chi connectivity index (χ4v) is 2.23. The van der Waals surface area contributed by atoms with Crippen LogP contribution in [0.1, 0.15) is 5.56 Å². The number of amides is 1. The van der Waals surface area contributed by atoms with Gasteiger partial charge in [0.15, 0.2) is 5.11 Å². The highest BCUT2D eigenvalue weighted by Crippen LogP contribution is 2.25. The number of anilines is 1. The maximum atomic E-state index is 12.4. The van der Waals surface area contributed by atoms with Gasteiger partial charge in [-0.1, -0.05) is 35.9 Å². The molecule has 2 rings (SSSR count). The Morgan fingerprint density at radius 1 is 1.17 bits per heavy atom. The van der Waals surface area contributed by atoms with Gasteiger partial charge in [0.2, 0.25) is 5.91 Å². The number of carbonyl (C=O) groups is 1. The molecule has 2 aromatic rings. The van der Waals surface area contributed by atoms with Gasteiger partial charge < -0.3 is 15.4 Å². The topological polar surface area (TPSA) is 50.4 Å². The van der Waals surface area contributed by atoms with Crippen LogP contribution in [0.2, 0.25) is 5.02 Å². The predicted molar refractivity (Wildman–Crippen MR) is 92.6 cm³/mol. The largest absolute Gasteiger partial charge is 0.433 e. The molecule has 4 nitrogen and oxygen atoms in total. The van der Waals surface area contributed by atoms with Crippen LogP contribution in [0.5, 0.6) is 5.75 Å². The molecule has 0 saturated heterocycles. The third-order valence-electron chi connectivity index (χ3n) is 2.88. The first-order valence-corrected chi connectivity index (χ1v) is 7.62. The van der Waals surface area contributed by atoms with Gasteiger partial charge in [0.05, 0.1) is 12.1 Å². The van der Waals surface area contributed by atoms with Crippen LogP contribution in [0.15, 0.2) is 48.5 Å². The Kier molecular flexibility index (Phi) is 6.45. The molecule has 0 bridgehead atoms. The molecule has 0 aliphatic heterocycles. The highest BCUT2D eigenvalue weighted by atomic mass is 35.5. The SMILES string of the molecule is O=C(Cc1ccc(Cl)cc1)NC(=S)Nc1ccccc1OC(F)F. The standard InChI is InChI=1S/C16H13ClF2N2O2S/c17-11-7-5-10(6-8-11)9-14(22)21-16(24)20-12-3-1-2-4-13(12)23-15(18)19/h1-8,15H,9H2,(H2,20,21,22,24). The molecule has 2 N–H and O–H groups in total. The molecule has 0 aliphatic rings. The fourth-order valence-electron chi connectivity index (χ4n) is 1.88. The average Bonchev–Trinajstić information content (AvgIpc) is 2.51. The predicted octanol–water partition coefficient (Wildman–Crippen LogP) is 4.00. The molecule has 126 valence electrons. The van der Waals surface area contributed by atoms with Gasteiger partial charge in [0, 0.05) is 5.02 Å². The van der Waals surface area contributed by atoms with Crippen LogP contribution in [-0.2, 0) is 11.2 Å². The fraction of sp³-hybridized carbons (Fsp3) is 0.125. The van der Waals surface area contributed by atoms with Gasteiger partial charge >= 0.3 is 6.61 Å². The number of hydrogen-bond acceptors (Lipinski definition) is 3. The average molecular weight is 371 g/mol. The molecular weight excluding hydrogens is 358 g/mol. The van der Waals surface area contributed by atoms with Crippen LogP contribution >= 0.6 is 23.8 Å². The number of thiocarbonyl (C=S) groups is 1. The van der Waals surface area contributed by atoms with E-state index in [1.165, 1.54) is 12.1 Å². The molecule has 8 heteroatoms. The summed E-state index contributed by atoms with van der Waals surface area (Å²) in [5, 5.41) is 5.70. The van der Waals surface area contributed by atoms with Crippen molar-refractivity contribution in [3.8, 4) is 5.75 Å². The highest BCUT2D eigenvalue weighted by Gasteiger charge is 2.11. The van der Waals surface area contributed by atoms with Crippen LogP contribution in [0.4, 0.5) is 14.5 Å². The normalized spacial score (nSPS) is 10.3. The number of hydrogen-bond donors (Lipinski definition) is 2. The van der Waals surface area contributed by atoms with Crippen LogP contribution in [-0.4, -0.2) is 17.6 Å². The molecular formula is C16H13ClF2N2O2S. The molecule has 0 aliphatic carbocycles. The monoisotopic (exact) mass is 370 g/mol. The van der Waals surface area contributed by atoms with E-state index >= 15 is 0 Å². The number of nitrogens with one attached hydrogen (secondary N) is 2. The van der Waals surface area contributed by atoms with E-state index in [0.717, 1.165) is 5.56 Å². The van der Waals surface area contributed by atoms with Gasteiger partial charge in [-0.25, -0.2) is 0 Å². The second kappa shape index (κ2) is 8.56. The summed E-state index contributed by atoms with van der Waals surface area (Å²) in [6.45, 7) is -2.96. The molecule has 0 radical (unpaired) electrons. The zero-order chi connectivity index (χ0) is 17.5. The summed E-state index contributed by atoms with van der Waals surface area (Å²) in [4.78, 5) is 11.9. The minimum absolute atomic E-state index is 0.0146. The Morgan fingerprint density at radius 3 is 2.50 bits per heavy atom. The van der Waals surface area contributed by atoms with E-state index in [0.29, 0.717) is 5.02 Å². The van der Waals surface area contributed by atoms with E-state index in [-0.39, 0.29) is 28.9 Å². The second-order valence-electron chi connectivity index (χ2n) is 4.68. The number of para-hydroxylation sites is 2. The summed E-state index contributed by atoms with van der Waals surface area (Å²) >= 11 is 10.8. The van der Waals surface area contributed by atoms with Crippen molar-refractivity contribution in [2.45, 2.75) is 13.0 Å². The van der Waals surface area contributed by atoms with Crippen molar-refractivity contribution < 1.29 is 18.3 Å². The summed E-state index contributed by atoms with van der Waals surface area (Å²) < 4.78 is 29.1. The van der Waals surface area contributed by atoms with Crippen molar-refractivity contribution in [2.24, 2.45) is 0 Å². The number of halogens is 3. The first-order chi connectivity index (χ1) is 11.4. The van der Waals surface area contributed by atoms with Crippen molar-refractivity contribution in [2.75, 3.05) is 5.32 Å². The molecule has 0 unspecified atom stereocenters. The number of ether oxygens (including phenoxy) is 1. The van der Waals surface area contributed by atoms with Gasteiger partial charge in [-0.3, -0.25) is 4.79 Å². The molecule has 0 heterocycles. The molecule has 0 aromatic heterocycles. The van der Waals surface area contributed by atoms with E-state index in [4.69, 9.17) is 23.8 Å². The van der Waals surface area contributed by atoms with E-state index in [2.05, 4.69) is 15.4 Å². The first-order valence-electron chi connectivity index (χ1n) is 6.83. The van der Waals surface area contributed by atoms with Crippen molar-refractivity contribution >= 4 is 40.5 Å². The van der Waals surface area contributed by atoms with Crippen molar-refractivity contribution in [3.05, 3.63) is 59.1 Å². The third kappa shape index (κ3) is 5.75. The number of rotatable bonds is 5. The van der Waals surface area contributed by atoms with E-state index < -0.39 is 6.61 Å². The van der Waals surface area contributed by atoms with E-state index in [9.17, 15) is 13.6 Å². The number of alkyl halides is 2. The molecule has 0 fully saturated rings. The second-order valence-corrected chi connectivity index (χ2v) is 5.52. The zero-order valence-corrected chi connectivity index (χ0v) is 13.8. The summed E-state index contributed by atoms with van der Waals surface area (Å²) in [5.41, 5.74) is 0.996. The molecule has 1 amide bonds. The lowest BCUT2D eigenvalue weighted by Crippen LogP contribution is -2.35. The van der Waals surface area contributed by atoms with Crippen molar-refractivity contribution in [1.82, 2.24) is 5.32 Å². The molecule has 0 atom stereocenters. The Labute approximate surface area is 147 Å². The van der Waals surface area contributed by atoms with Crippen molar-refractivity contribution in [1.29, 1.82) is 0 Å². The minimum Gasteiger partial charge on any atom is -0.433 e. The van der Waals surface area contributed by atoms with E-state index in [1.54, 1.807) is 36.4 Å². The van der Waals surface area contributed by atoms with E-state index in [1.807, 2.05) is 0 Å².